The van der Waals surface area contributed by atoms with Crippen molar-refractivity contribution in [2.24, 2.45) is 0 Å². The van der Waals surface area contributed by atoms with Gasteiger partial charge in [0, 0.05) is 10.9 Å². The molecule has 0 radical (unpaired) electrons. The maximum atomic E-state index is 11.8. The topological polar surface area (TPSA) is 59.4 Å². The Morgan fingerprint density at radius 3 is 1.97 bits per heavy atom. The van der Waals surface area contributed by atoms with Crippen LogP contribution in [0.1, 0.15) is 26.5 Å². The molecule has 0 unspecified atom stereocenters. The molecule has 1 N–H and O–H groups in total. The van der Waals surface area contributed by atoms with Gasteiger partial charge in [-0.2, -0.15) is 0 Å². The molecule has 0 spiro atoms. The summed E-state index contributed by atoms with van der Waals surface area (Å²) in [5, 5.41) is 14.3. The molecule has 0 aliphatic rings. The van der Waals surface area contributed by atoms with Crippen LogP contribution in [0, 0.1) is 0 Å². The van der Waals surface area contributed by atoms with Gasteiger partial charge in [0.05, 0.1) is 18.4 Å². The van der Waals surface area contributed by atoms with E-state index in [0.717, 1.165) is 22.4 Å². The van der Waals surface area contributed by atoms with E-state index in [0.29, 0.717) is 10.6 Å². The van der Waals surface area contributed by atoms with Crippen LogP contribution in [0.4, 0.5) is 0 Å². The number of carbonyl (C=O) groups is 1. The molecule has 0 fully saturated rings. The number of nitrogens with zero attached hydrogens (tertiary/aromatic N) is 1. The molecule has 29 heavy (non-hydrogen) atoms. The predicted octanol–water partition coefficient (Wildman–Crippen LogP) is 4.88. The first kappa shape index (κ1) is 19.1. The van der Waals surface area contributed by atoms with E-state index in [2.05, 4.69) is 0 Å². The molecule has 0 saturated heterocycles. The highest BCUT2D eigenvalue weighted by Gasteiger charge is 2.36. The van der Waals surface area contributed by atoms with Gasteiger partial charge in [0.2, 0.25) is 0 Å². The summed E-state index contributed by atoms with van der Waals surface area (Å²) >= 11 is 1.40. The van der Waals surface area contributed by atoms with E-state index in [1.165, 1.54) is 18.4 Å². The molecular weight excluding hydrogens is 382 g/mol. The van der Waals surface area contributed by atoms with E-state index in [1.807, 2.05) is 78.2 Å². The summed E-state index contributed by atoms with van der Waals surface area (Å²) < 4.78 is 4.74. The number of rotatable bonds is 5. The molecular formula is C24H19NO3S. The third-order valence-corrected chi connectivity index (χ3v) is 5.75. The normalized spacial score (nSPS) is 11.2. The van der Waals surface area contributed by atoms with Crippen LogP contribution in [0.2, 0.25) is 0 Å². The first-order valence-corrected chi connectivity index (χ1v) is 9.99. The van der Waals surface area contributed by atoms with Crippen LogP contribution >= 0.6 is 11.3 Å². The number of ether oxygens (including phenoxy) is 1. The summed E-state index contributed by atoms with van der Waals surface area (Å²) in [5.41, 5.74) is 2.26. The Morgan fingerprint density at radius 2 is 1.45 bits per heavy atom. The highest BCUT2D eigenvalue weighted by molar-refractivity contribution is 7.10. The number of benzene rings is 3. The van der Waals surface area contributed by atoms with Crippen molar-refractivity contribution in [3.8, 4) is 11.3 Å². The summed E-state index contributed by atoms with van der Waals surface area (Å²) in [6, 6.07) is 26.2. The monoisotopic (exact) mass is 401 g/mol. The van der Waals surface area contributed by atoms with Crippen molar-refractivity contribution in [2.45, 2.75) is 5.60 Å². The average Bonchev–Trinajstić information content (AvgIpc) is 3.30. The van der Waals surface area contributed by atoms with Crippen LogP contribution < -0.4 is 0 Å². The van der Waals surface area contributed by atoms with Crippen molar-refractivity contribution < 1.29 is 14.6 Å². The Balaban J connectivity index is 1.77. The van der Waals surface area contributed by atoms with Crippen molar-refractivity contribution in [1.29, 1.82) is 0 Å². The highest BCUT2D eigenvalue weighted by Crippen LogP contribution is 2.39. The van der Waals surface area contributed by atoms with Crippen LogP contribution in [-0.2, 0) is 10.3 Å². The van der Waals surface area contributed by atoms with E-state index in [1.54, 1.807) is 12.1 Å². The molecule has 0 amide bonds. The van der Waals surface area contributed by atoms with Gasteiger partial charge in [-0.05, 0) is 23.3 Å². The fourth-order valence-electron chi connectivity index (χ4n) is 3.24. The van der Waals surface area contributed by atoms with Crippen LogP contribution in [-0.4, -0.2) is 23.2 Å². The van der Waals surface area contributed by atoms with E-state index in [-0.39, 0.29) is 5.97 Å². The number of aromatic nitrogens is 1. The third-order valence-electron chi connectivity index (χ3n) is 4.80. The SMILES string of the molecule is COC(=O)c1ccc(-c2csc(C(O)(c3ccccc3)c3ccccc3)n2)cc1. The Kier molecular flexibility index (Phi) is 5.25. The Labute approximate surface area is 173 Å². The minimum absolute atomic E-state index is 0.377. The van der Waals surface area contributed by atoms with E-state index in [9.17, 15) is 9.90 Å². The Bertz CT molecular complexity index is 1070. The summed E-state index contributed by atoms with van der Waals surface area (Å²) in [5.74, 6) is -0.377. The first-order chi connectivity index (χ1) is 14.1. The molecule has 144 valence electrons. The molecule has 4 aromatic rings. The molecule has 1 heterocycles. The maximum Gasteiger partial charge on any atom is 0.337 e. The third kappa shape index (κ3) is 3.58. The molecule has 3 aromatic carbocycles. The molecule has 4 rings (SSSR count). The first-order valence-electron chi connectivity index (χ1n) is 9.11. The smallest absolute Gasteiger partial charge is 0.337 e. The van der Waals surface area contributed by atoms with Crippen molar-refractivity contribution in [3.63, 3.8) is 0 Å². The second-order valence-corrected chi connectivity index (χ2v) is 7.41. The molecule has 0 saturated carbocycles. The van der Waals surface area contributed by atoms with Crippen molar-refractivity contribution in [1.82, 2.24) is 4.98 Å². The van der Waals surface area contributed by atoms with Crippen LogP contribution in [0.15, 0.2) is 90.3 Å². The number of aliphatic hydroxyl groups is 1. The van der Waals surface area contributed by atoms with Gasteiger partial charge in [0.1, 0.15) is 5.01 Å². The van der Waals surface area contributed by atoms with Gasteiger partial charge in [-0.1, -0.05) is 72.8 Å². The van der Waals surface area contributed by atoms with Gasteiger partial charge in [0.15, 0.2) is 5.60 Å². The summed E-state index contributed by atoms with van der Waals surface area (Å²) in [4.78, 5) is 16.4. The highest BCUT2D eigenvalue weighted by atomic mass is 32.1. The summed E-state index contributed by atoms with van der Waals surface area (Å²) in [6.07, 6.45) is 0. The molecule has 4 nitrogen and oxygen atoms in total. The summed E-state index contributed by atoms with van der Waals surface area (Å²) in [7, 11) is 1.36. The molecule has 5 heteroatoms. The van der Waals surface area contributed by atoms with Gasteiger partial charge >= 0.3 is 5.97 Å². The van der Waals surface area contributed by atoms with Gasteiger partial charge in [-0.25, -0.2) is 9.78 Å². The minimum Gasteiger partial charge on any atom is -0.465 e. The molecule has 0 atom stereocenters. The van der Waals surface area contributed by atoms with Crippen molar-refractivity contribution in [3.05, 3.63) is 112 Å². The average molecular weight is 401 g/mol. The number of esters is 1. The predicted molar refractivity (Wildman–Crippen MR) is 114 cm³/mol. The van der Waals surface area contributed by atoms with E-state index >= 15 is 0 Å². The second kappa shape index (κ2) is 7.99. The Morgan fingerprint density at radius 1 is 0.897 bits per heavy atom. The number of methoxy groups -OCH3 is 1. The number of thiazole rings is 1. The number of hydrogen-bond donors (Lipinski definition) is 1. The minimum atomic E-state index is -1.35. The maximum absolute atomic E-state index is 11.8. The van der Waals surface area contributed by atoms with Crippen LogP contribution in [0.25, 0.3) is 11.3 Å². The van der Waals surface area contributed by atoms with E-state index in [4.69, 9.17) is 9.72 Å². The molecule has 0 bridgehead atoms. The lowest BCUT2D eigenvalue weighted by atomic mass is 9.87. The fraction of sp³-hybridized carbons (Fsp3) is 0.0833. The quantitative estimate of drug-likeness (QED) is 0.484. The zero-order chi connectivity index (χ0) is 20.3. The lowest BCUT2D eigenvalue weighted by Gasteiger charge is -2.27. The van der Waals surface area contributed by atoms with Crippen LogP contribution in [0.3, 0.4) is 0 Å². The molecule has 0 aliphatic heterocycles. The van der Waals surface area contributed by atoms with E-state index < -0.39 is 5.60 Å². The van der Waals surface area contributed by atoms with Crippen LogP contribution in [0.5, 0.6) is 0 Å². The molecule has 0 aliphatic carbocycles. The lowest BCUT2D eigenvalue weighted by molar-refractivity contribution is 0.0600. The van der Waals surface area contributed by atoms with Gasteiger partial charge in [-0.3, -0.25) is 0 Å². The summed E-state index contributed by atoms with van der Waals surface area (Å²) in [6.45, 7) is 0. The fourth-order valence-corrected chi connectivity index (χ4v) is 4.21. The Hall–Kier alpha value is -3.28. The largest absolute Gasteiger partial charge is 0.465 e. The van der Waals surface area contributed by atoms with Crippen molar-refractivity contribution >= 4 is 17.3 Å². The van der Waals surface area contributed by atoms with Crippen molar-refractivity contribution in [2.75, 3.05) is 7.11 Å². The zero-order valence-electron chi connectivity index (χ0n) is 15.8. The lowest BCUT2D eigenvalue weighted by Crippen LogP contribution is -2.28. The molecule has 1 aromatic heterocycles. The zero-order valence-corrected chi connectivity index (χ0v) is 16.6. The standard InChI is InChI=1S/C24H19NO3S/c1-28-22(26)18-14-12-17(13-15-18)21-16-29-23(25-21)24(27,19-8-4-2-5-9-19)20-10-6-3-7-11-20/h2-16,27H,1H3. The second-order valence-electron chi connectivity index (χ2n) is 6.55. The van der Waals surface area contributed by atoms with Gasteiger partial charge < -0.3 is 9.84 Å². The van der Waals surface area contributed by atoms with Gasteiger partial charge in [-0.15, -0.1) is 11.3 Å². The number of carbonyl (C=O) groups excluding carboxylic acids is 1. The van der Waals surface area contributed by atoms with Gasteiger partial charge in [0.25, 0.3) is 0 Å². The number of hydrogen-bond acceptors (Lipinski definition) is 5.